The second kappa shape index (κ2) is 10.7. The number of carbonyl (C=O) groups is 1. The maximum absolute atomic E-state index is 12.4. The number of thioether (sulfide) groups is 1. The lowest BCUT2D eigenvalue weighted by Gasteiger charge is -2.14. The number of para-hydroxylation sites is 2. The zero-order chi connectivity index (χ0) is 23.0. The molecule has 0 aliphatic heterocycles. The Morgan fingerprint density at radius 2 is 1.61 bits per heavy atom. The molecule has 33 heavy (non-hydrogen) atoms. The monoisotopic (exact) mass is 461 g/mol. The van der Waals surface area contributed by atoms with Crippen molar-refractivity contribution in [2.45, 2.75) is 11.8 Å². The summed E-state index contributed by atoms with van der Waals surface area (Å²) >= 11 is 1.26. The second-order valence-electron chi connectivity index (χ2n) is 6.98. The molecule has 4 rings (SSSR count). The van der Waals surface area contributed by atoms with Gasteiger partial charge in [0.1, 0.15) is 18.1 Å². The standard InChI is InChI=1S/C25H23N3O4S/c1-30-20-14-12-19(13-15-20)24-26-27-25(28(24)21-10-6-7-11-22(21)31-2)33-17-23(29)32-16-18-8-4-3-5-9-18/h3-15H,16-17H2,1-2H3. The smallest absolute Gasteiger partial charge is 0.316 e. The number of ether oxygens (including phenoxy) is 3. The molecule has 8 heteroatoms. The van der Waals surface area contributed by atoms with Crippen LogP contribution >= 0.6 is 11.8 Å². The van der Waals surface area contributed by atoms with E-state index >= 15 is 0 Å². The third-order valence-electron chi connectivity index (χ3n) is 4.87. The average Bonchev–Trinajstić information content (AvgIpc) is 3.30. The molecule has 0 bridgehead atoms. The van der Waals surface area contributed by atoms with Crippen molar-refractivity contribution in [3.8, 4) is 28.6 Å². The Bertz CT molecular complexity index is 1210. The van der Waals surface area contributed by atoms with Crippen molar-refractivity contribution in [1.29, 1.82) is 0 Å². The molecule has 0 fully saturated rings. The van der Waals surface area contributed by atoms with Gasteiger partial charge in [-0.05, 0) is 42.0 Å². The number of benzene rings is 3. The van der Waals surface area contributed by atoms with E-state index in [1.165, 1.54) is 11.8 Å². The molecule has 0 amide bonds. The van der Waals surface area contributed by atoms with Crippen LogP contribution in [0.4, 0.5) is 0 Å². The van der Waals surface area contributed by atoms with Gasteiger partial charge in [-0.1, -0.05) is 54.2 Å². The summed E-state index contributed by atoms with van der Waals surface area (Å²) in [6, 6.07) is 24.7. The highest BCUT2D eigenvalue weighted by Crippen LogP contribution is 2.33. The van der Waals surface area contributed by atoms with E-state index in [-0.39, 0.29) is 18.3 Å². The van der Waals surface area contributed by atoms with Gasteiger partial charge in [0.15, 0.2) is 11.0 Å². The minimum Gasteiger partial charge on any atom is -0.497 e. The maximum Gasteiger partial charge on any atom is 0.316 e. The van der Waals surface area contributed by atoms with Gasteiger partial charge in [-0.15, -0.1) is 10.2 Å². The first-order valence-corrected chi connectivity index (χ1v) is 11.2. The molecule has 168 valence electrons. The van der Waals surface area contributed by atoms with Gasteiger partial charge >= 0.3 is 5.97 Å². The molecule has 7 nitrogen and oxygen atoms in total. The summed E-state index contributed by atoms with van der Waals surface area (Å²) in [5.74, 6) is 1.81. The Balaban J connectivity index is 1.59. The first-order valence-electron chi connectivity index (χ1n) is 10.2. The first kappa shape index (κ1) is 22.4. The van der Waals surface area contributed by atoms with Crippen molar-refractivity contribution in [3.63, 3.8) is 0 Å². The molecule has 1 aromatic heterocycles. The van der Waals surface area contributed by atoms with Gasteiger partial charge in [-0.25, -0.2) is 0 Å². The molecule has 0 N–H and O–H groups in total. The van der Waals surface area contributed by atoms with E-state index in [4.69, 9.17) is 14.2 Å². The number of nitrogens with zero attached hydrogens (tertiary/aromatic N) is 3. The van der Waals surface area contributed by atoms with Crippen LogP contribution in [0.25, 0.3) is 17.1 Å². The number of esters is 1. The van der Waals surface area contributed by atoms with Gasteiger partial charge in [0.25, 0.3) is 0 Å². The maximum atomic E-state index is 12.4. The largest absolute Gasteiger partial charge is 0.497 e. The minimum absolute atomic E-state index is 0.0999. The van der Waals surface area contributed by atoms with Crippen LogP contribution in [-0.4, -0.2) is 40.7 Å². The fraction of sp³-hybridized carbons (Fsp3) is 0.160. The van der Waals surface area contributed by atoms with Gasteiger partial charge in [-0.2, -0.15) is 0 Å². The number of carbonyl (C=O) groups excluding carboxylic acids is 1. The zero-order valence-electron chi connectivity index (χ0n) is 18.3. The van der Waals surface area contributed by atoms with Crippen LogP contribution in [0, 0.1) is 0 Å². The van der Waals surface area contributed by atoms with E-state index < -0.39 is 0 Å². The van der Waals surface area contributed by atoms with E-state index in [2.05, 4.69) is 10.2 Å². The minimum atomic E-state index is -0.329. The van der Waals surface area contributed by atoms with Crippen LogP contribution in [0.1, 0.15) is 5.56 Å². The van der Waals surface area contributed by atoms with Crippen LogP contribution in [-0.2, 0) is 16.1 Å². The molecule has 0 aliphatic carbocycles. The molecule has 0 saturated carbocycles. The number of hydrogen-bond donors (Lipinski definition) is 0. The van der Waals surface area contributed by atoms with Crippen molar-refractivity contribution in [1.82, 2.24) is 14.8 Å². The third kappa shape index (κ3) is 5.35. The highest BCUT2D eigenvalue weighted by atomic mass is 32.2. The van der Waals surface area contributed by atoms with Crippen LogP contribution < -0.4 is 9.47 Å². The van der Waals surface area contributed by atoms with Crippen molar-refractivity contribution in [2.24, 2.45) is 0 Å². The van der Waals surface area contributed by atoms with E-state index in [1.807, 2.05) is 83.4 Å². The van der Waals surface area contributed by atoms with E-state index in [0.717, 1.165) is 22.6 Å². The second-order valence-corrected chi connectivity index (χ2v) is 7.92. The predicted molar refractivity (Wildman–Crippen MR) is 127 cm³/mol. The first-order chi connectivity index (χ1) is 16.2. The molecule has 0 atom stereocenters. The number of methoxy groups -OCH3 is 2. The summed E-state index contributed by atoms with van der Waals surface area (Å²) in [6.45, 7) is 0.233. The Kier molecular flexibility index (Phi) is 7.26. The van der Waals surface area contributed by atoms with Crippen LogP contribution in [0.2, 0.25) is 0 Å². The van der Waals surface area contributed by atoms with Crippen LogP contribution in [0.5, 0.6) is 11.5 Å². The molecule has 0 spiro atoms. The predicted octanol–water partition coefficient (Wildman–Crippen LogP) is 4.79. The molecule has 4 aromatic rings. The van der Waals surface area contributed by atoms with E-state index in [1.54, 1.807) is 14.2 Å². The fourth-order valence-corrected chi connectivity index (χ4v) is 3.97. The zero-order valence-corrected chi connectivity index (χ0v) is 19.1. The third-order valence-corrected chi connectivity index (χ3v) is 5.77. The summed E-state index contributed by atoms with van der Waals surface area (Å²) in [7, 11) is 3.24. The van der Waals surface area contributed by atoms with E-state index in [0.29, 0.717) is 16.7 Å². The topological polar surface area (TPSA) is 75.5 Å². The SMILES string of the molecule is COc1ccc(-c2nnc(SCC(=O)OCc3ccccc3)n2-c2ccccc2OC)cc1. The molecule has 0 aliphatic rings. The lowest BCUT2D eigenvalue weighted by atomic mass is 10.2. The highest BCUT2D eigenvalue weighted by molar-refractivity contribution is 7.99. The van der Waals surface area contributed by atoms with Crippen LogP contribution in [0.3, 0.4) is 0 Å². The van der Waals surface area contributed by atoms with Crippen molar-refractivity contribution >= 4 is 17.7 Å². The van der Waals surface area contributed by atoms with Gasteiger partial charge in [0.2, 0.25) is 0 Å². The summed E-state index contributed by atoms with van der Waals surface area (Å²) in [5, 5.41) is 9.32. The summed E-state index contributed by atoms with van der Waals surface area (Å²) < 4.78 is 18.1. The van der Waals surface area contributed by atoms with Crippen molar-refractivity contribution in [2.75, 3.05) is 20.0 Å². The Labute approximate surface area is 196 Å². The Morgan fingerprint density at radius 3 is 2.33 bits per heavy atom. The van der Waals surface area contributed by atoms with Crippen molar-refractivity contribution < 1.29 is 19.0 Å². The Hall–Kier alpha value is -3.78. The van der Waals surface area contributed by atoms with Gasteiger partial charge < -0.3 is 14.2 Å². The molecule has 1 heterocycles. The number of aromatic nitrogens is 3. The molecule has 0 radical (unpaired) electrons. The average molecular weight is 462 g/mol. The molecule has 0 unspecified atom stereocenters. The Morgan fingerprint density at radius 1 is 0.879 bits per heavy atom. The van der Waals surface area contributed by atoms with Crippen molar-refractivity contribution in [3.05, 3.63) is 84.4 Å². The van der Waals surface area contributed by atoms with Crippen LogP contribution in [0.15, 0.2) is 84.0 Å². The van der Waals surface area contributed by atoms with Gasteiger partial charge in [0, 0.05) is 5.56 Å². The lowest BCUT2D eigenvalue weighted by Crippen LogP contribution is -2.09. The quantitative estimate of drug-likeness (QED) is 0.262. The summed E-state index contributed by atoms with van der Waals surface area (Å²) in [5.41, 5.74) is 2.57. The number of hydrogen-bond acceptors (Lipinski definition) is 7. The molecular formula is C25H23N3O4S. The highest BCUT2D eigenvalue weighted by Gasteiger charge is 2.20. The number of rotatable bonds is 9. The summed E-state index contributed by atoms with van der Waals surface area (Å²) in [4.78, 5) is 12.4. The lowest BCUT2D eigenvalue weighted by molar-refractivity contribution is -0.141. The van der Waals surface area contributed by atoms with Gasteiger partial charge in [-0.3, -0.25) is 9.36 Å². The van der Waals surface area contributed by atoms with Gasteiger partial charge in [0.05, 0.1) is 25.7 Å². The fourth-order valence-electron chi connectivity index (χ4n) is 3.23. The molecular weight excluding hydrogens is 438 g/mol. The van der Waals surface area contributed by atoms with E-state index in [9.17, 15) is 4.79 Å². The summed E-state index contributed by atoms with van der Waals surface area (Å²) in [6.07, 6.45) is 0. The normalized spacial score (nSPS) is 10.6. The molecule has 3 aromatic carbocycles. The molecule has 0 saturated heterocycles.